The number of hydrogen-bond donors (Lipinski definition) is 0. The van der Waals surface area contributed by atoms with E-state index in [1.165, 1.54) is 31.0 Å². The van der Waals surface area contributed by atoms with Gasteiger partial charge in [-0.3, -0.25) is 4.79 Å². The van der Waals surface area contributed by atoms with E-state index in [0.29, 0.717) is 12.0 Å². The summed E-state index contributed by atoms with van der Waals surface area (Å²) in [4.78, 5) is 19.2. The van der Waals surface area contributed by atoms with Gasteiger partial charge in [0.25, 0.3) is 5.91 Å². The normalized spacial score (nSPS) is 42.0. The van der Waals surface area contributed by atoms with E-state index < -0.39 is 15.3 Å². The van der Waals surface area contributed by atoms with Gasteiger partial charge in [0.1, 0.15) is 0 Å². The number of rotatable bonds is 1. The average Bonchev–Trinajstić information content (AvgIpc) is 3.16. The van der Waals surface area contributed by atoms with Crippen LogP contribution in [0.5, 0.6) is 0 Å². The van der Waals surface area contributed by atoms with Crippen molar-refractivity contribution in [2.75, 3.05) is 11.5 Å². The second kappa shape index (κ2) is 5.47. The molecule has 0 aromatic rings. The van der Waals surface area contributed by atoms with E-state index in [1.54, 1.807) is 0 Å². The van der Waals surface area contributed by atoms with Crippen molar-refractivity contribution in [3.05, 3.63) is 0 Å². The highest BCUT2D eigenvalue weighted by atomic mass is 32.2. The summed E-state index contributed by atoms with van der Waals surface area (Å²) in [7, 11) is -2.96. The summed E-state index contributed by atoms with van der Waals surface area (Å²) in [6.07, 6.45) is 4.94. The summed E-state index contributed by atoms with van der Waals surface area (Å²) in [6.45, 7) is 5.64. The van der Waals surface area contributed by atoms with Crippen molar-refractivity contribution >= 4 is 32.7 Å². The summed E-state index contributed by atoms with van der Waals surface area (Å²) in [5.41, 5.74) is -0.502. The number of carbonyl (C=O) groups is 1. The van der Waals surface area contributed by atoms with Crippen molar-refractivity contribution in [3.63, 3.8) is 0 Å². The van der Waals surface area contributed by atoms with Crippen molar-refractivity contribution < 1.29 is 13.2 Å². The Hall–Kier alpha value is -0.560. The summed E-state index contributed by atoms with van der Waals surface area (Å²) in [5, 5.41) is 0.831. The fraction of sp³-hybridized carbons (Fsp3) is 0.882. The third-order valence-corrected chi connectivity index (χ3v) is 9.23. The number of carbonyl (C=O) groups excluding carboxylic acids is 1. The molecule has 2 saturated heterocycles. The van der Waals surface area contributed by atoms with Gasteiger partial charge in [-0.15, -0.1) is 0 Å². The van der Waals surface area contributed by atoms with Crippen molar-refractivity contribution in [2.24, 2.45) is 22.2 Å². The summed E-state index contributed by atoms with van der Waals surface area (Å²) < 4.78 is 24.2. The Balaban J connectivity index is 1.66. The first-order valence-corrected chi connectivity index (χ1v) is 11.6. The Kier molecular flexibility index (Phi) is 3.85. The minimum Gasteiger partial charge on any atom is -0.343 e. The van der Waals surface area contributed by atoms with Gasteiger partial charge in [0.2, 0.25) is 0 Å². The lowest BCUT2D eigenvalue weighted by Gasteiger charge is -2.36. The molecule has 0 spiro atoms. The molecular formula is C17H26N2O3S2. The van der Waals surface area contributed by atoms with Crippen LogP contribution in [0.4, 0.5) is 0 Å². The highest BCUT2D eigenvalue weighted by Crippen LogP contribution is 2.51. The van der Waals surface area contributed by atoms with Gasteiger partial charge in [-0.25, -0.2) is 8.42 Å². The van der Waals surface area contributed by atoms with E-state index >= 15 is 0 Å². The molecule has 0 unspecified atom stereocenters. The second-order valence-corrected chi connectivity index (χ2v) is 12.3. The van der Waals surface area contributed by atoms with Crippen molar-refractivity contribution in [1.82, 2.24) is 4.90 Å². The lowest BCUT2D eigenvalue weighted by atomic mass is 9.93. The van der Waals surface area contributed by atoms with Gasteiger partial charge in [0.05, 0.1) is 17.5 Å². The number of nitrogens with zero attached hydrogens (tertiary/aromatic N) is 2. The molecule has 1 amide bonds. The van der Waals surface area contributed by atoms with Crippen LogP contribution < -0.4 is 0 Å². The monoisotopic (exact) mass is 370 g/mol. The van der Waals surface area contributed by atoms with E-state index in [4.69, 9.17) is 0 Å². The summed E-state index contributed by atoms with van der Waals surface area (Å²) in [6, 6.07) is 0.391. The third kappa shape index (κ3) is 2.81. The molecule has 4 fully saturated rings. The number of sulfone groups is 1. The van der Waals surface area contributed by atoms with Gasteiger partial charge in [0, 0.05) is 16.7 Å². The van der Waals surface area contributed by atoms with Crippen molar-refractivity contribution in [2.45, 2.75) is 63.8 Å². The van der Waals surface area contributed by atoms with Crippen LogP contribution in [0.1, 0.15) is 46.5 Å². The first kappa shape index (κ1) is 16.9. The lowest BCUT2D eigenvalue weighted by molar-refractivity contribution is -0.124. The molecule has 2 heterocycles. The molecule has 2 aliphatic carbocycles. The molecule has 4 rings (SSSR count). The summed E-state index contributed by atoms with van der Waals surface area (Å²) >= 11 is 1.53. The fourth-order valence-corrected chi connectivity index (χ4v) is 8.76. The quantitative estimate of drug-likeness (QED) is 0.709. The zero-order chi connectivity index (χ0) is 17.3. The fourth-order valence-electron chi connectivity index (χ4n) is 4.79. The first-order valence-electron chi connectivity index (χ1n) is 8.92. The largest absolute Gasteiger partial charge is 0.343 e. The van der Waals surface area contributed by atoms with Crippen molar-refractivity contribution in [1.29, 1.82) is 0 Å². The molecule has 2 aliphatic heterocycles. The first-order chi connectivity index (χ1) is 11.1. The molecule has 5 atom stereocenters. The molecule has 0 N–H and O–H groups in total. The predicted octanol–water partition coefficient (Wildman–Crippen LogP) is 2.32. The van der Waals surface area contributed by atoms with Crippen LogP contribution in [0.2, 0.25) is 0 Å². The number of amidine groups is 1. The number of thioether (sulfide) groups is 1. The molecule has 2 saturated carbocycles. The molecular weight excluding hydrogens is 344 g/mol. The highest BCUT2D eigenvalue weighted by Gasteiger charge is 2.54. The van der Waals surface area contributed by atoms with Gasteiger partial charge < -0.3 is 4.90 Å². The van der Waals surface area contributed by atoms with Gasteiger partial charge in [0.15, 0.2) is 15.0 Å². The van der Waals surface area contributed by atoms with Crippen LogP contribution >= 0.6 is 11.8 Å². The van der Waals surface area contributed by atoms with E-state index in [0.717, 1.165) is 17.5 Å². The van der Waals surface area contributed by atoms with Gasteiger partial charge in [-0.1, -0.05) is 39.0 Å². The van der Waals surface area contributed by atoms with Crippen molar-refractivity contribution in [3.8, 4) is 0 Å². The van der Waals surface area contributed by atoms with Crippen LogP contribution in [0.25, 0.3) is 0 Å². The molecule has 134 valence electrons. The topological polar surface area (TPSA) is 66.8 Å². The zero-order valence-corrected chi connectivity index (χ0v) is 16.2. The Morgan fingerprint density at radius 1 is 1.17 bits per heavy atom. The van der Waals surface area contributed by atoms with Crippen LogP contribution in [0.3, 0.4) is 0 Å². The maximum Gasteiger partial charge on any atom is 0.253 e. The van der Waals surface area contributed by atoms with Crippen LogP contribution in [-0.4, -0.2) is 53.2 Å². The molecule has 4 aliphatic rings. The lowest BCUT2D eigenvalue weighted by Crippen LogP contribution is -2.47. The Morgan fingerprint density at radius 2 is 1.92 bits per heavy atom. The average molecular weight is 371 g/mol. The van der Waals surface area contributed by atoms with E-state index in [-0.39, 0.29) is 28.7 Å². The van der Waals surface area contributed by atoms with Crippen LogP contribution in [0.15, 0.2) is 4.99 Å². The third-order valence-electron chi connectivity index (χ3n) is 6.00. The molecule has 5 nitrogen and oxygen atoms in total. The molecule has 7 heteroatoms. The van der Waals surface area contributed by atoms with Gasteiger partial charge >= 0.3 is 0 Å². The molecule has 0 aromatic carbocycles. The number of amides is 1. The predicted molar refractivity (Wildman–Crippen MR) is 96.8 cm³/mol. The minimum absolute atomic E-state index is 0.0101. The SMILES string of the molecule is CC(C)(C)C(=O)N=C1S[C@@H]2CS(=O)(=O)C[C@@H]2N1[C@H]1C[C@H]2CC[C@H]1C2. The number of aliphatic imine (C=N–C) groups is 1. The standard InChI is InChI=1S/C17H26N2O3S2/c1-17(2,3)15(20)18-16-19(12-7-10-4-5-11(12)6-10)13-8-24(21,22)9-14(13)23-16/h10-14H,4-9H2,1-3H3/t10-,11-,12-,13-,14+/m0/s1. The van der Waals surface area contributed by atoms with Crippen LogP contribution in [-0.2, 0) is 14.6 Å². The van der Waals surface area contributed by atoms with E-state index in [9.17, 15) is 13.2 Å². The summed E-state index contributed by atoms with van der Waals surface area (Å²) in [5.74, 6) is 1.76. The zero-order valence-electron chi connectivity index (χ0n) is 14.6. The minimum atomic E-state index is -2.96. The molecule has 24 heavy (non-hydrogen) atoms. The maximum atomic E-state index is 12.4. The van der Waals surface area contributed by atoms with E-state index in [2.05, 4.69) is 9.89 Å². The Bertz CT molecular complexity index is 695. The highest BCUT2D eigenvalue weighted by molar-refractivity contribution is 8.15. The Morgan fingerprint density at radius 3 is 2.50 bits per heavy atom. The smallest absolute Gasteiger partial charge is 0.253 e. The number of hydrogen-bond acceptors (Lipinski definition) is 4. The van der Waals surface area contributed by atoms with Crippen LogP contribution in [0, 0.1) is 17.3 Å². The molecule has 0 aromatic heterocycles. The Labute approximate surface area is 148 Å². The van der Waals surface area contributed by atoms with Gasteiger partial charge in [-0.2, -0.15) is 4.99 Å². The molecule has 0 radical (unpaired) electrons. The second-order valence-electron chi connectivity index (χ2n) is 8.90. The van der Waals surface area contributed by atoms with E-state index in [1.807, 2.05) is 20.8 Å². The maximum absolute atomic E-state index is 12.4. The van der Waals surface area contributed by atoms with Gasteiger partial charge in [-0.05, 0) is 31.1 Å². The number of fused-ring (bicyclic) bond motifs is 3. The molecule has 2 bridgehead atoms.